The number of pyridine rings is 1. The molecule has 2 N–H and O–H groups in total. The van der Waals surface area contributed by atoms with Crippen LogP contribution >= 0.6 is 0 Å². The molecule has 98 valence electrons. The molecule has 0 aliphatic heterocycles. The van der Waals surface area contributed by atoms with E-state index in [1.165, 1.54) is 19.3 Å². The first kappa shape index (κ1) is 12.7. The van der Waals surface area contributed by atoms with Gasteiger partial charge in [0.2, 0.25) is 0 Å². The van der Waals surface area contributed by atoms with Gasteiger partial charge in [-0.3, -0.25) is 14.2 Å². The van der Waals surface area contributed by atoms with E-state index in [-0.39, 0.29) is 17.6 Å². The zero-order valence-corrected chi connectivity index (χ0v) is 9.95. The van der Waals surface area contributed by atoms with Crippen molar-refractivity contribution in [3.8, 4) is 5.75 Å². The average Bonchev–Trinajstić information content (AvgIpc) is 2.43. The van der Waals surface area contributed by atoms with Crippen molar-refractivity contribution >= 4 is 23.2 Å². The standard InChI is InChI=1S/C11H10N4O4/c1-15-9-6(2-3-13-14-9)8(17)7(11(15)19)10(18)12-4-5-16/h2-3,5,17H,4H2,1H3,(H,12,18). The second-order valence-electron chi connectivity index (χ2n) is 3.73. The minimum atomic E-state index is -0.816. The maximum absolute atomic E-state index is 12.0. The van der Waals surface area contributed by atoms with Crippen LogP contribution in [0.25, 0.3) is 11.0 Å². The molecule has 8 nitrogen and oxygen atoms in total. The van der Waals surface area contributed by atoms with E-state index in [2.05, 4.69) is 15.5 Å². The molecule has 0 radical (unpaired) electrons. The molecule has 0 bridgehead atoms. The van der Waals surface area contributed by atoms with Gasteiger partial charge in [-0.15, -0.1) is 5.10 Å². The predicted molar refractivity (Wildman–Crippen MR) is 64.8 cm³/mol. The monoisotopic (exact) mass is 262 g/mol. The Kier molecular flexibility index (Phi) is 3.23. The van der Waals surface area contributed by atoms with Crippen molar-refractivity contribution in [2.75, 3.05) is 6.54 Å². The Morgan fingerprint density at radius 1 is 1.58 bits per heavy atom. The molecule has 2 aromatic rings. The Labute approximate surface area is 106 Å². The van der Waals surface area contributed by atoms with Gasteiger partial charge >= 0.3 is 0 Å². The number of carbonyl (C=O) groups is 2. The van der Waals surface area contributed by atoms with Crippen molar-refractivity contribution in [2.45, 2.75) is 0 Å². The zero-order chi connectivity index (χ0) is 14.0. The number of aromatic nitrogens is 3. The molecule has 0 aliphatic carbocycles. The second-order valence-corrected chi connectivity index (χ2v) is 3.73. The minimum Gasteiger partial charge on any atom is -0.506 e. The van der Waals surface area contributed by atoms with E-state index < -0.39 is 22.8 Å². The number of aldehydes is 1. The molecular weight excluding hydrogens is 252 g/mol. The number of aromatic hydroxyl groups is 1. The van der Waals surface area contributed by atoms with Crippen molar-refractivity contribution < 1.29 is 14.7 Å². The van der Waals surface area contributed by atoms with Crippen molar-refractivity contribution in [3.63, 3.8) is 0 Å². The fourth-order valence-electron chi connectivity index (χ4n) is 1.68. The van der Waals surface area contributed by atoms with Gasteiger partial charge in [0.1, 0.15) is 17.6 Å². The fourth-order valence-corrected chi connectivity index (χ4v) is 1.68. The molecule has 0 spiro atoms. The number of nitrogens with zero attached hydrogens (tertiary/aromatic N) is 3. The zero-order valence-electron chi connectivity index (χ0n) is 9.95. The van der Waals surface area contributed by atoms with E-state index in [0.717, 1.165) is 4.57 Å². The summed E-state index contributed by atoms with van der Waals surface area (Å²) < 4.78 is 1.11. The first-order chi connectivity index (χ1) is 9.07. The molecular formula is C11H10N4O4. The highest BCUT2D eigenvalue weighted by atomic mass is 16.3. The highest BCUT2D eigenvalue weighted by molar-refractivity contribution is 6.02. The van der Waals surface area contributed by atoms with Crippen molar-refractivity contribution in [2.24, 2.45) is 7.05 Å². The van der Waals surface area contributed by atoms with Crippen molar-refractivity contribution in [1.82, 2.24) is 20.1 Å². The largest absolute Gasteiger partial charge is 0.506 e. The summed E-state index contributed by atoms with van der Waals surface area (Å²) in [4.78, 5) is 34.0. The molecule has 0 unspecified atom stereocenters. The smallest absolute Gasteiger partial charge is 0.268 e. The molecule has 2 rings (SSSR count). The summed E-state index contributed by atoms with van der Waals surface area (Å²) in [6.07, 6.45) is 1.81. The normalized spacial score (nSPS) is 10.4. The Morgan fingerprint density at radius 2 is 2.32 bits per heavy atom. The highest BCUT2D eigenvalue weighted by Crippen LogP contribution is 2.23. The minimum absolute atomic E-state index is 0.164. The fraction of sp³-hybridized carbons (Fsp3) is 0.182. The molecule has 0 saturated carbocycles. The van der Waals surface area contributed by atoms with E-state index in [9.17, 15) is 19.5 Å². The molecule has 0 atom stereocenters. The summed E-state index contributed by atoms with van der Waals surface area (Å²) in [5.41, 5.74) is -0.976. The molecule has 0 aliphatic rings. The topological polar surface area (TPSA) is 114 Å². The number of hydrogen-bond donors (Lipinski definition) is 2. The highest BCUT2D eigenvalue weighted by Gasteiger charge is 2.21. The van der Waals surface area contributed by atoms with Crippen LogP contribution in [-0.2, 0) is 11.8 Å². The van der Waals surface area contributed by atoms with Crippen LogP contribution in [0.3, 0.4) is 0 Å². The van der Waals surface area contributed by atoms with Gasteiger partial charge in [0.15, 0.2) is 5.65 Å². The lowest BCUT2D eigenvalue weighted by atomic mass is 10.1. The summed E-state index contributed by atoms with van der Waals surface area (Å²) in [7, 11) is 1.41. The van der Waals surface area contributed by atoms with Gasteiger partial charge in [-0.25, -0.2) is 0 Å². The van der Waals surface area contributed by atoms with Crippen LogP contribution in [0.4, 0.5) is 0 Å². The van der Waals surface area contributed by atoms with E-state index in [4.69, 9.17) is 0 Å². The maximum atomic E-state index is 12.0. The summed E-state index contributed by atoms with van der Waals surface area (Å²) in [5, 5.41) is 19.8. The van der Waals surface area contributed by atoms with Gasteiger partial charge in [0.05, 0.1) is 18.1 Å². The predicted octanol–water partition coefficient (Wildman–Crippen LogP) is -1.04. The number of fused-ring (bicyclic) bond motifs is 1. The number of amides is 1. The van der Waals surface area contributed by atoms with E-state index in [0.29, 0.717) is 6.29 Å². The summed E-state index contributed by atoms with van der Waals surface area (Å²) in [6, 6.07) is 1.44. The number of rotatable bonds is 3. The Balaban J connectivity index is 2.71. The Bertz CT molecular complexity index is 722. The quantitative estimate of drug-likeness (QED) is 0.683. The first-order valence-corrected chi connectivity index (χ1v) is 5.33. The molecule has 2 aromatic heterocycles. The first-order valence-electron chi connectivity index (χ1n) is 5.33. The third-order valence-electron chi connectivity index (χ3n) is 2.60. The Morgan fingerprint density at radius 3 is 3.00 bits per heavy atom. The second kappa shape index (κ2) is 4.84. The third-order valence-corrected chi connectivity index (χ3v) is 2.60. The van der Waals surface area contributed by atoms with Gasteiger partial charge in [0, 0.05) is 7.05 Å². The Hall–Kier alpha value is -2.77. The SMILES string of the molecule is Cn1c(=O)c(C(=O)NCC=O)c(O)c2ccnnc21. The van der Waals surface area contributed by atoms with Crippen LogP contribution in [0.2, 0.25) is 0 Å². The summed E-state index contributed by atoms with van der Waals surface area (Å²) >= 11 is 0. The molecule has 0 aromatic carbocycles. The molecule has 0 saturated heterocycles. The van der Waals surface area contributed by atoms with Gasteiger partial charge in [-0.1, -0.05) is 0 Å². The van der Waals surface area contributed by atoms with Gasteiger partial charge in [-0.05, 0) is 6.07 Å². The van der Waals surface area contributed by atoms with E-state index >= 15 is 0 Å². The number of nitrogens with one attached hydrogen (secondary N) is 1. The number of carbonyl (C=O) groups excluding carboxylic acids is 2. The lowest BCUT2D eigenvalue weighted by Crippen LogP contribution is -2.33. The van der Waals surface area contributed by atoms with Crippen LogP contribution in [0.15, 0.2) is 17.1 Å². The van der Waals surface area contributed by atoms with Crippen LogP contribution in [0.1, 0.15) is 10.4 Å². The van der Waals surface area contributed by atoms with Crippen LogP contribution in [-0.4, -0.2) is 38.6 Å². The third kappa shape index (κ3) is 2.03. The van der Waals surface area contributed by atoms with Crippen molar-refractivity contribution in [1.29, 1.82) is 0 Å². The maximum Gasteiger partial charge on any atom is 0.268 e. The molecule has 2 heterocycles. The van der Waals surface area contributed by atoms with Crippen LogP contribution < -0.4 is 10.9 Å². The number of aryl methyl sites for hydroxylation is 1. The molecule has 19 heavy (non-hydrogen) atoms. The van der Waals surface area contributed by atoms with Crippen molar-refractivity contribution in [3.05, 3.63) is 28.2 Å². The molecule has 8 heteroatoms. The molecule has 1 amide bonds. The van der Waals surface area contributed by atoms with Crippen LogP contribution in [0, 0.1) is 0 Å². The average molecular weight is 262 g/mol. The lowest BCUT2D eigenvalue weighted by molar-refractivity contribution is -0.107. The van der Waals surface area contributed by atoms with Gasteiger partial charge < -0.3 is 15.2 Å². The lowest BCUT2D eigenvalue weighted by Gasteiger charge is -2.09. The summed E-state index contributed by atoms with van der Waals surface area (Å²) in [5.74, 6) is -1.29. The summed E-state index contributed by atoms with van der Waals surface area (Å²) in [6.45, 7) is -0.242. The van der Waals surface area contributed by atoms with Gasteiger partial charge in [-0.2, -0.15) is 5.10 Å². The van der Waals surface area contributed by atoms with E-state index in [1.807, 2.05) is 0 Å². The number of hydrogen-bond acceptors (Lipinski definition) is 6. The van der Waals surface area contributed by atoms with Crippen LogP contribution in [0.5, 0.6) is 5.75 Å². The van der Waals surface area contributed by atoms with E-state index in [1.54, 1.807) is 0 Å². The molecule has 0 fully saturated rings. The van der Waals surface area contributed by atoms with Gasteiger partial charge in [0.25, 0.3) is 11.5 Å².